The second kappa shape index (κ2) is 9.87. The van der Waals surface area contributed by atoms with Crippen LogP contribution in [0.2, 0.25) is 0 Å². The van der Waals surface area contributed by atoms with E-state index < -0.39 is 46.7 Å². The van der Waals surface area contributed by atoms with Gasteiger partial charge in [-0.05, 0) is 50.2 Å². The quantitative estimate of drug-likeness (QED) is 0.448. The first-order valence-corrected chi connectivity index (χ1v) is 13.4. The highest BCUT2D eigenvalue weighted by atomic mass is 16.6. The third-order valence-corrected chi connectivity index (χ3v) is 7.48. The Morgan fingerprint density at radius 2 is 1.79 bits per heavy atom. The second-order valence-corrected chi connectivity index (χ2v) is 13.0. The summed E-state index contributed by atoms with van der Waals surface area (Å²) in [6, 6.07) is 5.72. The van der Waals surface area contributed by atoms with Crippen LogP contribution in [0.3, 0.4) is 0 Å². The molecule has 1 aromatic rings. The van der Waals surface area contributed by atoms with E-state index in [-0.39, 0.29) is 18.4 Å². The van der Waals surface area contributed by atoms with Crippen LogP contribution in [0.4, 0.5) is 10.5 Å². The van der Waals surface area contributed by atoms with Gasteiger partial charge in [-0.15, -0.1) is 0 Å². The maximum atomic E-state index is 13.9. The van der Waals surface area contributed by atoms with Gasteiger partial charge in [0, 0.05) is 18.7 Å². The molecule has 3 aliphatic rings. The Hall–Kier alpha value is -3.14. The van der Waals surface area contributed by atoms with Gasteiger partial charge in [-0.1, -0.05) is 51.8 Å². The molecule has 4 atom stereocenters. The lowest BCUT2D eigenvalue weighted by atomic mass is 9.80. The van der Waals surface area contributed by atoms with Crippen molar-refractivity contribution in [3.8, 4) is 0 Å². The molecule has 1 saturated heterocycles. The van der Waals surface area contributed by atoms with Gasteiger partial charge in [-0.3, -0.25) is 14.4 Å². The Morgan fingerprint density at radius 3 is 2.39 bits per heavy atom. The maximum absolute atomic E-state index is 13.9. The summed E-state index contributed by atoms with van der Waals surface area (Å²) >= 11 is 0. The molecule has 1 aromatic carbocycles. The number of carbonyl (C=O) groups is 4. The highest BCUT2D eigenvalue weighted by Gasteiger charge is 2.55. The molecule has 2 heterocycles. The number of hydrogen-bond acceptors (Lipinski definition) is 6. The van der Waals surface area contributed by atoms with Gasteiger partial charge in [0.25, 0.3) is 0 Å². The number of rotatable bonds is 6. The first-order chi connectivity index (χ1) is 17.6. The number of para-hydroxylation sites is 1. The Labute approximate surface area is 224 Å². The molecule has 208 valence electrons. The van der Waals surface area contributed by atoms with Gasteiger partial charge in [0.2, 0.25) is 17.7 Å². The van der Waals surface area contributed by atoms with E-state index in [1.54, 1.807) is 20.8 Å². The van der Waals surface area contributed by atoms with Crippen LogP contribution in [0.1, 0.15) is 72.8 Å². The number of hydrogen-bond donors (Lipinski definition) is 4. The summed E-state index contributed by atoms with van der Waals surface area (Å²) in [6.45, 7) is 10.9. The van der Waals surface area contributed by atoms with E-state index in [4.69, 9.17) is 10.5 Å². The molecule has 1 spiro atoms. The van der Waals surface area contributed by atoms with Crippen LogP contribution in [0.15, 0.2) is 24.3 Å². The third-order valence-electron chi connectivity index (χ3n) is 7.48. The number of amides is 4. The highest BCUT2D eigenvalue weighted by molar-refractivity contribution is 6.07. The van der Waals surface area contributed by atoms with Crippen molar-refractivity contribution >= 4 is 29.5 Å². The minimum Gasteiger partial charge on any atom is -0.444 e. The van der Waals surface area contributed by atoms with Gasteiger partial charge < -0.3 is 31.3 Å². The smallest absolute Gasteiger partial charge is 0.408 e. The van der Waals surface area contributed by atoms with Crippen LogP contribution in [0.5, 0.6) is 0 Å². The normalized spacial score (nSPS) is 24.4. The first-order valence-electron chi connectivity index (χ1n) is 13.4. The molecular formula is C28H41N5O5. The Bertz CT molecular complexity index is 1120. The van der Waals surface area contributed by atoms with Gasteiger partial charge in [0.05, 0.1) is 11.6 Å². The number of ether oxygens (including phenoxy) is 1. The average Bonchev–Trinajstić information content (AvgIpc) is 3.48. The molecule has 1 aliphatic carbocycles. The van der Waals surface area contributed by atoms with Crippen LogP contribution in [0.25, 0.3) is 0 Å². The Morgan fingerprint density at radius 1 is 1.13 bits per heavy atom. The van der Waals surface area contributed by atoms with E-state index in [1.165, 1.54) is 4.90 Å². The molecule has 2 aliphatic heterocycles. The molecule has 4 amide bonds. The van der Waals surface area contributed by atoms with Crippen molar-refractivity contribution in [2.45, 2.75) is 96.5 Å². The second-order valence-electron chi connectivity index (χ2n) is 13.0. The SMILES string of the molecule is CC(C)(C)OC(=O)N[C@H](C(=O)N[C@@H](CC1CC1)C(=O)N1C[C@]2(C[C@H]1N)C(=O)Nc1ccccc12)C(C)(C)C. The molecular weight excluding hydrogens is 486 g/mol. The number of benzene rings is 1. The lowest BCUT2D eigenvalue weighted by Crippen LogP contribution is -2.59. The first kappa shape index (κ1) is 27.9. The zero-order valence-electron chi connectivity index (χ0n) is 23.2. The predicted molar refractivity (Wildman–Crippen MR) is 143 cm³/mol. The molecule has 0 radical (unpaired) electrons. The molecule has 0 bridgehead atoms. The zero-order valence-corrected chi connectivity index (χ0v) is 23.2. The fourth-order valence-corrected chi connectivity index (χ4v) is 5.38. The van der Waals surface area contributed by atoms with Crippen molar-refractivity contribution in [3.05, 3.63) is 29.8 Å². The van der Waals surface area contributed by atoms with E-state index in [0.717, 1.165) is 24.1 Å². The van der Waals surface area contributed by atoms with Gasteiger partial charge in [-0.2, -0.15) is 0 Å². The van der Waals surface area contributed by atoms with Crippen molar-refractivity contribution in [3.63, 3.8) is 0 Å². The largest absolute Gasteiger partial charge is 0.444 e. The number of anilines is 1. The lowest BCUT2D eigenvalue weighted by Gasteiger charge is -2.34. The summed E-state index contributed by atoms with van der Waals surface area (Å²) in [4.78, 5) is 54.5. The summed E-state index contributed by atoms with van der Waals surface area (Å²) in [5.74, 6) is -0.605. The third kappa shape index (κ3) is 5.80. The van der Waals surface area contributed by atoms with Crippen molar-refractivity contribution < 1.29 is 23.9 Å². The van der Waals surface area contributed by atoms with Crippen molar-refractivity contribution in [1.29, 1.82) is 0 Å². The zero-order chi connectivity index (χ0) is 28.0. The van der Waals surface area contributed by atoms with E-state index in [0.29, 0.717) is 18.8 Å². The van der Waals surface area contributed by atoms with Crippen molar-refractivity contribution in [1.82, 2.24) is 15.5 Å². The van der Waals surface area contributed by atoms with Crippen LogP contribution in [-0.2, 0) is 24.5 Å². The molecule has 2 fully saturated rings. The number of likely N-dealkylation sites (tertiary alicyclic amines) is 1. The fourth-order valence-electron chi connectivity index (χ4n) is 5.38. The van der Waals surface area contributed by atoms with E-state index in [2.05, 4.69) is 16.0 Å². The van der Waals surface area contributed by atoms with Gasteiger partial charge in [0.1, 0.15) is 17.7 Å². The number of fused-ring (bicyclic) bond motifs is 2. The molecule has 1 saturated carbocycles. The summed E-state index contributed by atoms with van der Waals surface area (Å²) in [7, 11) is 0. The van der Waals surface area contributed by atoms with E-state index in [1.807, 2.05) is 45.0 Å². The fraction of sp³-hybridized carbons (Fsp3) is 0.643. The van der Waals surface area contributed by atoms with E-state index >= 15 is 0 Å². The molecule has 0 unspecified atom stereocenters. The van der Waals surface area contributed by atoms with Crippen LogP contribution in [-0.4, -0.2) is 59.1 Å². The van der Waals surface area contributed by atoms with Crippen LogP contribution in [0, 0.1) is 11.3 Å². The minimum atomic E-state index is -0.932. The Kier molecular flexibility index (Phi) is 7.24. The lowest BCUT2D eigenvalue weighted by molar-refractivity contribution is -0.138. The molecule has 4 rings (SSSR count). The average molecular weight is 528 g/mol. The summed E-state index contributed by atoms with van der Waals surface area (Å²) in [5.41, 5.74) is 5.76. The summed E-state index contributed by atoms with van der Waals surface area (Å²) < 4.78 is 5.37. The number of alkyl carbamates (subject to hydrolysis) is 1. The monoisotopic (exact) mass is 527 g/mol. The van der Waals surface area contributed by atoms with Gasteiger partial charge in [0.15, 0.2) is 0 Å². The minimum absolute atomic E-state index is 0.145. The predicted octanol–water partition coefficient (Wildman–Crippen LogP) is 2.62. The topological polar surface area (TPSA) is 143 Å². The van der Waals surface area contributed by atoms with Gasteiger partial charge in [-0.25, -0.2) is 4.79 Å². The number of nitrogens with one attached hydrogen (secondary N) is 3. The molecule has 0 aromatic heterocycles. The van der Waals surface area contributed by atoms with Gasteiger partial charge >= 0.3 is 6.09 Å². The number of nitrogens with zero attached hydrogens (tertiary/aromatic N) is 1. The Balaban J connectivity index is 1.53. The van der Waals surface area contributed by atoms with Crippen molar-refractivity contribution in [2.24, 2.45) is 17.1 Å². The standard InChI is InChI=1S/C28H41N5O5/c1-26(2,3)21(32-25(37)38-27(4,5)6)22(34)30-19(13-16-11-12-16)23(35)33-15-28(14-20(33)29)17-9-7-8-10-18(17)31-24(28)36/h7-10,16,19-21H,11-15,29H2,1-6H3,(H,30,34)(H,31,36)(H,32,37)/t19-,20-,21+,28-/m0/s1. The summed E-state index contributed by atoms with van der Waals surface area (Å²) in [6.07, 6.45) is 1.39. The highest BCUT2D eigenvalue weighted by Crippen LogP contribution is 2.45. The van der Waals surface area contributed by atoms with Crippen LogP contribution >= 0.6 is 0 Å². The van der Waals surface area contributed by atoms with Crippen LogP contribution < -0.4 is 21.7 Å². The maximum Gasteiger partial charge on any atom is 0.408 e. The molecule has 38 heavy (non-hydrogen) atoms. The number of nitrogens with two attached hydrogens (primary N) is 1. The molecule has 10 heteroatoms. The summed E-state index contributed by atoms with van der Waals surface area (Å²) in [5, 5.41) is 8.52. The number of carbonyl (C=O) groups excluding carboxylic acids is 4. The van der Waals surface area contributed by atoms with Crippen molar-refractivity contribution in [2.75, 3.05) is 11.9 Å². The molecule has 5 N–H and O–H groups in total. The van der Waals surface area contributed by atoms with E-state index in [9.17, 15) is 19.2 Å². The molecule has 10 nitrogen and oxygen atoms in total.